The van der Waals surface area contributed by atoms with Crippen molar-refractivity contribution in [1.29, 1.82) is 0 Å². The summed E-state index contributed by atoms with van der Waals surface area (Å²) in [6.45, 7) is 5.55. The molecule has 0 unspecified atom stereocenters. The summed E-state index contributed by atoms with van der Waals surface area (Å²) in [6, 6.07) is 11.3. The molecule has 1 aromatic heterocycles. The van der Waals surface area contributed by atoms with E-state index in [9.17, 15) is 13.2 Å². The van der Waals surface area contributed by atoms with Gasteiger partial charge >= 0.3 is 0 Å². The molecule has 0 radical (unpaired) electrons. The molecule has 0 saturated carbocycles. The normalized spacial score (nSPS) is 18.7. The summed E-state index contributed by atoms with van der Waals surface area (Å²) in [4.78, 5) is 18.7. The molecule has 2 aliphatic heterocycles. The summed E-state index contributed by atoms with van der Waals surface area (Å²) >= 11 is 1.78. The fourth-order valence-electron chi connectivity index (χ4n) is 4.09. The molecule has 2 fully saturated rings. The van der Waals surface area contributed by atoms with Crippen LogP contribution in [0.25, 0.3) is 0 Å². The van der Waals surface area contributed by atoms with Crippen LogP contribution in [0.2, 0.25) is 0 Å². The van der Waals surface area contributed by atoms with Crippen LogP contribution >= 0.6 is 11.3 Å². The predicted octanol–water partition coefficient (Wildman–Crippen LogP) is 2.81. The van der Waals surface area contributed by atoms with Crippen molar-refractivity contribution in [1.82, 2.24) is 14.1 Å². The first-order chi connectivity index (χ1) is 14.5. The van der Waals surface area contributed by atoms with Gasteiger partial charge in [-0.15, -0.1) is 11.3 Å². The Kier molecular flexibility index (Phi) is 6.87. The molecular weight excluding hydrogens is 418 g/mol. The molecule has 1 amide bonds. The fourth-order valence-corrected chi connectivity index (χ4v) is 6.36. The van der Waals surface area contributed by atoms with Crippen molar-refractivity contribution in [3.63, 3.8) is 0 Å². The molecule has 1 aromatic carbocycles. The minimum Gasteiger partial charge on any atom is -0.340 e. The predicted molar refractivity (Wildman–Crippen MR) is 119 cm³/mol. The highest BCUT2D eigenvalue weighted by Crippen LogP contribution is 2.21. The number of carbonyl (C=O) groups is 1. The Balaban J connectivity index is 1.24. The molecule has 0 N–H and O–H groups in total. The van der Waals surface area contributed by atoms with Crippen molar-refractivity contribution in [3.05, 3.63) is 52.2 Å². The summed E-state index contributed by atoms with van der Waals surface area (Å²) in [7, 11) is -3.37. The number of benzene rings is 1. The minimum atomic E-state index is -3.37. The molecule has 0 aliphatic carbocycles. The second-order valence-corrected chi connectivity index (χ2v) is 11.0. The number of carbonyl (C=O) groups excluding carboxylic acids is 1. The summed E-state index contributed by atoms with van der Waals surface area (Å²) in [5, 5.41) is 2.10. The van der Waals surface area contributed by atoms with Crippen LogP contribution in [0.1, 0.15) is 29.7 Å². The van der Waals surface area contributed by atoms with Gasteiger partial charge in [0.05, 0.1) is 4.90 Å². The number of rotatable bonds is 7. The van der Waals surface area contributed by atoms with Crippen LogP contribution in [-0.4, -0.2) is 67.7 Å². The Morgan fingerprint density at radius 3 is 2.27 bits per heavy atom. The molecule has 3 heterocycles. The van der Waals surface area contributed by atoms with E-state index < -0.39 is 10.0 Å². The van der Waals surface area contributed by atoms with Crippen LogP contribution in [-0.2, 0) is 27.8 Å². The number of amides is 1. The highest BCUT2D eigenvalue weighted by atomic mass is 32.2. The monoisotopic (exact) mass is 447 g/mol. The molecule has 0 bridgehead atoms. The van der Waals surface area contributed by atoms with E-state index in [0.717, 1.165) is 51.1 Å². The molecule has 0 atom stereocenters. The highest BCUT2D eigenvalue weighted by Gasteiger charge is 2.27. The molecule has 4 rings (SSSR count). The quantitative estimate of drug-likeness (QED) is 0.655. The molecule has 6 nitrogen and oxygen atoms in total. The highest BCUT2D eigenvalue weighted by molar-refractivity contribution is 7.89. The van der Waals surface area contributed by atoms with Crippen LogP contribution in [0, 0.1) is 0 Å². The average molecular weight is 448 g/mol. The maximum atomic E-state index is 12.6. The third kappa shape index (κ3) is 5.11. The number of aryl methyl sites for hydroxylation is 1. The number of sulfonamides is 1. The molecule has 30 heavy (non-hydrogen) atoms. The minimum absolute atomic E-state index is 0.180. The van der Waals surface area contributed by atoms with Crippen LogP contribution in [0.3, 0.4) is 0 Å². The van der Waals surface area contributed by atoms with E-state index in [0.29, 0.717) is 30.8 Å². The molecule has 8 heteroatoms. The summed E-state index contributed by atoms with van der Waals surface area (Å²) in [5.41, 5.74) is 1.00. The van der Waals surface area contributed by atoms with E-state index in [2.05, 4.69) is 22.4 Å². The van der Waals surface area contributed by atoms with E-state index in [1.165, 1.54) is 4.88 Å². The van der Waals surface area contributed by atoms with Crippen molar-refractivity contribution in [2.24, 2.45) is 0 Å². The second-order valence-electron chi connectivity index (χ2n) is 7.99. The van der Waals surface area contributed by atoms with Gasteiger partial charge in [0.1, 0.15) is 0 Å². The number of nitrogens with zero attached hydrogens (tertiary/aromatic N) is 3. The Hall–Kier alpha value is -1.74. The van der Waals surface area contributed by atoms with Crippen LogP contribution in [0.5, 0.6) is 0 Å². The number of hydrogen-bond donors (Lipinski definition) is 0. The summed E-state index contributed by atoms with van der Waals surface area (Å²) < 4.78 is 26.8. The SMILES string of the molecule is O=C(CCc1ccc(S(=O)(=O)N2CCCC2)cc1)N1CCN(Cc2cccs2)CC1. The van der Waals surface area contributed by atoms with Crippen molar-refractivity contribution in [2.45, 2.75) is 37.1 Å². The van der Waals surface area contributed by atoms with Crippen LogP contribution < -0.4 is 0 Å². The average Bonchev–Trinajstić information content (AvgIpc) is 3.47. The third-order valence-corrected chi connectivity index (χ3v) is 8.71. The number of piperazine rings is 1. The largest absolute Gasteiger partial charge is 0.340 e. The Morgan fingerprint density at radius 2 is 1.63 bits per heavy atom. The fraction of sp³-hybridized carbons (Fsp3) is 0.500. The lowest BCUT2D eigenvalue weighted by Gasteiger charge is -2.34. The smallest absolute Gasteiger partial charge is 0.243 e. The first-order valence-electron chi connectivity index (χ1n) is 10.6. The first kappa shape index (κ1) is 21.5. The lowest BCUT2D eigenvalue weighted by Crippen LogP contribution is -2.48. The standard InChI is InChI=1S/C22H29N3O3S2/c26-22(24-15-13-23(14-16-24)18-20-4-3-17-29-20)10-7-19-5-8-21(9-6-19)30(27,28)25-11-1-2-12-25/h3-6,8-9,17H,1-2,7,10-16,18H2. The number of thiophene rings is 1. The Labute approximate surface area is 183 Å². The van der Waals surface area contributed by atoms with Gasteiger partial charge in [-0.25, -0.2) is 8.42 Å². The van der Waals surface area contributed by atoms with Crippen molar-refractivity contribution < 1.29 is 13.2 Å². The van der Waals surface area contributed by atoms with Gasteiger partial charge in [0.2, 0.25) is 15.9 Å². The first-order valence-corrected chi connectivity index (χ1v) is 13.0. The van der Waals surface area contributed by atoms with Crippen molar-refractivity contribution in [3.8, 4) is 0 Å². The Morgan fingerprint density at radius 1 is 0.933 bits per heavy atom. The van der Waals surface area contributed by atoms with Gasteiger partial charge in [0.25, 0.3) is 0 Å². The molecule has 162 valence electrons. The molecule has 2 aromatic rings. The van der Waals surface area contributed by atoms with Gasteiger partial charge < -0.3 is 4.90 Å². The Bertz CT molecular complexity index is 929. The van der Waals surface area contributed by atoms with Crippen LogP contribution in [0.4, 0.5) is 0 Å². The zero-order valence-electron chi connectivity index (χ0n) is 17.2. The van der Waals surface area contributed by atoms with E-state index in [1.54, 1.807) is 27.8 Å². The lowest BCUT2D eigenvalue weighted by atomic mass is 10.1. The maximum Gasteiger partial charge on any atom is 0.243 e. The van der Waals surface area contributed by atoms with Crippen molar-refractivity contribution in [2.75, 3.05) is 39.3 Å². The van der Waals surface area contributed by atoms with Gasteiger partial charge in [-0.1, -0.05) is 18.2 Å². The van der Waals surface area contributed by atoms with E-state index in [4.69, 9.17) is 0 Å². The zero-order valence-corrected chi connectivity index (χ0v) is 18.8. The molecule has 2 aliphatic rings. The van der Waals surface area contributed by atoms with Gasteiger partial charge in [-0.05, 0) is 48.4 Å². The van der Waals surface area contributed by atoms with Gasteiger partial charge in [-0.3, -0.25) is 9.69 Å². The van der Waals surface area contributed by atoms with Gasteiger partial charge in [-0.2, -0.15) is 4.31 Å². The molecular formula is C22H29N3O3S2. The molecule has 2 saturated heterocycles. The third-order valence-electron chi connectivity index (χ3n) is 5.94. The maximum absolute atomic E-state index is 12.6. The lowest BCUT2D eigenvalue weighted by molar-refractivity contribution is -0.132. The van der Waals surface area contributed by atoms with Gasteiger partial charge in [0, 0.05) is 57.1 Å². The number of hydrogen-bond acceptors (Lipinski definition) is 5. The van der Waals surface area contributed by atoms with E-state index >= 15 is 0 Å². The summed E-state index contributed by atoms with van der Waals surface area (Å²) in [6.07, 6.45) is 2.96. The molecule has 0 spiro atoms. The van der Waals surface area contributed by atoms with E-state index in [-0.39, 0.29) is 5.91 Å². The van der Waals surface area contributed by atoms with Gasteiger partial charge in [0.15, 0.2) is 0 Å². The zero-order chi connectivity index (χ0) is 21.0. The topological polar surface area (TPSA) is 60.9 Å². The van der Waals surface area contributed by atoms with Crippen molar-refractivity contribution >= 4 is 27.3 Å². The van der Waals surface area contributed by atoms with E-state index in [1.807, 2.05) is 17.0 Å². The summed E-state index contributed by atoms with van der Waals surface area (Å²) in [5.74, 6) is 0.180. The second kappa shape index (κ2) is 9.60. The van der Waals surface area contributed by atoms with Crippen LogP contribution in [0.15, 0.2) is 46.7 Å².